The van der Waals surface area contributed by atoms with E-state index in [4.69, 9.17) is 0 Å². The number of hydrogen-bond acceptors (Lipinski definition) is 4. The number of piperidine rings is 1. The van der Waals surface area contributed by atoms with Crippen LogP contribution in [0.3, 0.4) is 0 Å². The number of amides is 1. The van der Waals surface area contributed by atoms with Gasteiger partial charge in [-0.1, -0.05) is 98.4 Å². The molecule has 1 amide bonds. The normalized spacial score (nSPS) is 14.7. The lowest BCUT2D eigenvalue weighted by atomic mass is 10.1. The van der Waals surface area contributed by atoms with E-state index < -0.39 is 10.0 Å². The Labute approximate surface area is 274 Å². The van der Waals surface area contributed by atoms with Gasteiger partial charge in [0.05, 0.1) is 17.3 Å². The minimum atomic E-state index is -3.52. The van der Waals surface area contributed by atoms with Crippen LogP contribution in [0.15, 0.2) is 71.4 Å². The first-order valence-corrected chi connectivity index (χ1v) is 18.0. The van der Waals surface area contributed by atoms with Crippen molar-refractivity contribution in [2.24, 2.45) is 5.92 Å². The van der Waals surface area contributed by atoms with E-state index in [-0.39, 0.29) is 30.1 Å². The van der Waals surface area contributed by atoms with E-state index in [0.717, 1.165) is 5.92 Å². The first-order chi connectivity index (χ1) is 21.4. The number of benzene rings is 2. The summed E-state index contributed by atoms with van der Waals surface area (Å²) in [5, 5.41) is 2.74. The third kappa shape index (κ3) is 20.9. The Bertz CT molecular complexity index is 1130. The second-order valence-electron chi connectivity index (χ2n) is 10.5. The molecule has 0 unspecified atom stereocenters. The lowest BCUT2D eigenvalue weighted by molar-refractivity contribution is -0.117. The molecule has 1 saturated heterocycles. The van der Waals surface area contributed by atoms with Gasteiger partial charge in [0.25, 0.3) is 0 Å². The molecule has 4 rings (SSSR count). The summed E-state index contributed by atoms with van der Waals surface area (Å²) in [7, 11) is -1.90. The Balaban J connectivity index is 0. The maximum atomic E-state index is 12.9. The third-order valence-electron chi connectivity index (χ3n) is 6.75. The molecule has 0 aromatic heterocycles. The van der Waals surface area contributed by atoms with Crippen LogP contribution in [-0.4, -0.2) is 56.3 Å². The number of allylic oxidation sites excluding steroid dienone is 2. The van der Waals surface area contributed by atoms with Crippen molar-refractivity contribution >= 4 is 21.6 Å². The van der Waals surface area contributed by atoms with Crippen molar-refractivity contribution in [2.75, 3.05) is 32.0 Å². The molecule has 9 heteroatoms. The lowest BCUT2D eigenvalue weighted by Crippen LogP contribution is -2.47. The highest BCUT2D eigenvalue weighted by molar-refractivity contribution is 7.89. The fourth-order valence-corrected chi connectivity index (χ4v) is 4.94. The number of anilines is 1. The molecule has 1 aliphatic carbocycles. The molecule has 0 spiro atoms. The minimum absolute atomic E-state index is 0.0957. The maximum absolute atomic E-state index is 12.9. The fraction of sp³-hybridized carbons (Fsp3) is 0.583. The van der Waals surface area contributed by atoms with E-state index in [9.17, 15) is 22.0 Å². The number of rotatable bonds is 7. The van der Waals surface area contributed by atoms with Crippen LogP contribution < -0.4 is 5.32 Å². The summed E-state index contributed by atoms with van der Waals surface area (Å²) in [5.41, 5.74) is 0.551. The maximum Gasteiger partial charge on any atom is 0.243 e. The van der Waals surface area contributed by atoms with Gasteiger partial charge < -0.3 is 5.32 Å². The van der Waals surface area contributed by atoms with Gasteiger partial charge in [0.15, 0.2) is 0 Å². The van der Waals surface area contributed by atoms with Crippen molar-refractivity contribution < 1.29 is 22.0 Å². The topological polar surface area (TPSA) is 69.7 Å². The highest BCUT2D eigenvalue weighted by Gasteiger charge is 2.31. The van der Waals surface area contributed by atoms with E-state index in [1.54, 1.807) is 44.3 Å². The predicted molar refractivity (Wildman–Crippen MR) is 188 cm³/mol. The molecule has 2 aliphatic rings. The highest BCUT2D eigenvalue weighted by Crippen LogP contribution is 2.26. The monoisotopic (exact) mass is 653 g/mol. The molecular weight excluding hydrogens is 592 g/mol. The molecule has 0 radical (unpaired) electrons. The van der Waals surface area contributed by atoms with Gasteiger partial charge in [-0.05, 0) is 69.0 Å². The van der Waals surface area contributed by atoms with Gasteiger partial charge >= 0.3 is 0 Å². The molecule has 258 valence electrons. The van der Waals surface area contributed by atoms with Crippen molar-refractivity contribution in [3.63, 3.8) is 0 Å². The van der Waals surface area contributed by atoms with E-state index in [2.05, 4.69) is 26.1 Å². The Morgan fingerprint density at radius 2 is 1.38 bits per heavy atom. The van der Waals surface area contributed by atoms with Crippen LogP contribution in [0.25, 0.3) is 0 Å². The Hall–Kier alpha value is -2.62. The van der Waals surface area contributed by atoms with E-state index in [1.165, 1.54) is 67.3 Å². The zero-order valence-electron chi connectivity index (χ0n) is 29.6. The number of carbonyl (C=O) groups is 1. The number of sulfonamides is 1. The summed E-state index contributed by atoms with van der Waals surface area (Å²) in [5.74, 6) is 0.440. The zero-order chi connectivity index (χ0) is 34.8. The van der Waals surface area contributed by atoms with Crippen LogP contribution in [0.5, 0.6) is 0 Å². The summed E-state index contributed by atoms with van der Waals surface area (Å²) in [4.78, 5) is 14.5. The van der Waals surface area contributed by atoms with E-state index >= 15 is 0 Å². The van der Waals surface area contributed by atoms with Gasteiger partial charge in [0.1, 0.15) is 5.82 Å². The average Bonchev–Trinajstić information content (AvgIpc) is 3.87. The number of hydrogen-bond donors (Lipinski definition) is 1. The molecule has 2 fully saturated rings. The predicted octanol–water partition coefficient (Wildman–Crippen LogP) is 9.70. The first-order valence-electron chi connectivity index (χ1n) is 16.5. The van der Waals surface area contributed by atoms with Crippen molar-refractivity contribution in [2.45, 2.75) is 112 Å². The molecular formula is C36H61F2N3O3S. The Morgan fingerprint density at radius 3 is 1.76 bits per heavy atom. The average molecular weight is 654 g/mol. The molecule has 2 aromatic rings. The first kappa shape index (κ1) is 44.5. The largest absolute Gasteiger partial charge is 0.325 e. The zero-order valence-corrected chi connectivity index (χ0v) is 30.4. The molecule has 45 heavy (non-hydrogen) atoms. The third-order valence-corrected chi connectivity index (χ3v) is 8.67. The standard InChI is InChI=1S/C20H24FN3O3S.C4H7F.C4H8.C4H10.2C2H6/c1-23(28(26,27)19-5-3-2-4-6-19)18-11-13-24(14-12-18)15-20(25)22-17-9-7-16(21)8-10-17;1-3-4(2)5;1-4-2-3-4;1-3-4-2;2*1-2/h2-10,18H,11-15H2,1H3,(H,22,25);3H,1-2H3;4H,2-3H2,1H3;3-4H2,1-2H3;2*1-2H3/b;4-3+;;;;. The summed E-state index contributed by atoms with van der Waals surface area (Å²) in [6, 6.07) is 13.9. The van der Waals surface area contributed by atoms with Crippen molar-refractivity contribution in [1.29, 1.82) is 0 Å². The van der Waals surface area contributed by atoms with Gasteiger partial charge in [-0.3, -0.25) is 9.69 Å². The van der Waals surface area contributed by atoms with Crippen LogP contribution in [0.1, 0.15) is 101 Å². The smallest absolute Gasteiger partial charge is 0.243 e. The number of likely N-dealkylation sites (tertiary alicyclic amines) is 1. The summed E-state index contributed by atoms with van der Waals surface area (Å²) in [6.45, 7) is 19.2. The summed E-state index contributed by atoms with van der Waals surface area (Å²) in [6.07, 6.45) is 8.35. The van der Waals surface area contributed by atoms with Gasteiger partial charge in [-0.25, -0.2) is 17.2 Å². The summed E-state index contributed by atoms with van der Waals surface area (Å²) < 4.78 is 51.1. The quantitative estimate of drug-likeness (QED) is 0.323. The molecule has 2 aromatic carbocycles. The van der Waals surface area contributed by atoms with Gasteiger partial charge in [-0.15, -0.1) is 0 Å². The second-order valence-corrected chi connectivity index (χ2v) is 12.5. The van der Waals surface area contributed by atoms with E-state index in [0.29, 0.717) is 36.5 Å². The SMILES string of the molecule is C/C=C(\C)F.CC.CC.CC1CC1.CCCC.CN(C1CCN(CC(=O)Nc2ccc(F)cc2)CC1)S(=O)(=O)c1ccccc1. The van der Waals surface area contributed by atoms with Crippen molar-refractivity contribution in [3.05, 3.63) is 72.3 Å². The Kier molecular flexibility index (Phi) is 26.3. The van der Waals surface area contributed by atoms with Crippen molar-refractivity contribution in [1.82, 2.24) is 9.21 Å². The van der Waals surface area contributed by atoms with Crippen LogP contribution in [0.2, 0.25) is 0 Å². The fourth-order valence-electron chi connectivity index (χ4n) is 3.50. The number of unbranched alkanes of at least 4 members (excludes halogenated alkanes) is 1. The van der Waals surface area contributed by atoms with Gasteiger partial charge in [0, 0.05) is 31.9 Å². The molecule has 1 N–H and O–H groups in total. The van der Waals surface area contributed by atoms with Gasteiger partial charge in [0.2, 0.25) is 15.9 Å². The molecule has 1 saturated carbocycles. The number of halogens is 2. The second kappa shape index (κ2) is 26.6. The Morgan fingerprint density at radius 1 is 0.933 bits per heavy atom. The van der Waals surface area contributed by atoms with Crippen LogP contribution >= 0.6 is 0 Å². The van der Waals surface area contributed by atoms with Crippen molar-refractivity contribution in [3.8, 4) is 0 Å². The highest BCUT2D eigenvalue weighted by atomic mass is 32.2. The number of nitrogens with one attached hydrogen (secondary N) is 1. The van der Waals surface area contributed by atoms with Crippen LogP contribution in [-0.2, 0) is 14.8 Å². The van der Waals surface area contributed by atoms with E-state index in [1.807, 2.05) is 32.6 Å². The molecule has 1 aliphatic heterocycles. The minimum Gasteiger partial charge on any atom is -0.325 e. The number of carbonyl (C=O) groups excluding carboxylic acids is 1. The van der Waals surface area contributed by atoms with Gasteiger partial charge in [-0.2, -0.15) is 4.31 Å². The number of nitrogens with zero attached hydrogens (tertiary/aromatic N) is 2. The summed E-state index contributed by atoms with van der Waals surface area (Å²) >= 11 is 0. The molecule has 0 bridgehead atoms. The molecule has 0 atom stereocenters. The molecule has 1 heterocycles. The van der Waals surface area contributed by atoms with Crippen LogP contribution in [0, 0.1) is 11.7 Å². The molecule has 6 nitrogen and oxygen atoms in total. The lowest BCUT2D eigenvalue weighted by Gasteiger charge is -2.35. The van der Waals surface area contributed by atoms with Crippen LogP contribution in [0.4, 0.5) is 14.5 Å².